The Morgan fingerprint density at radius 3 is 2.88 bits per heavy atom. The summed E-state index contributed by atoms with van der Waals surface area (Å²) >= 11 is 0. The van der Waals surface area contributed by atoms with Gasteiger partial charge in [-0.1, -0.05) is 0 Å². The SMILES string of the molecule is NN=Cc1cnc2c(ccn2CC(F)(F)F)c1. The van der Waals surface area contributed by atoms with Crippen LogP contribution in [-0.2, 0) is 6.54 Å². The van der Waals surface area contributed by atoms with Crippen LogP contribution < -0.4 is 5.84 Å². The van der Waals surface area contributed by atoms with Gasteiger partial charge >= 0.3 is 6.18 Å². The van der Waals surface area contributed by atoms with Gasteiger partial charge in [0.05, 0.1) is 6.21 Å². The average molecular weight is 242 g/mol. The minimum Gasteiger partial charge on any atom is -0.323 e. The van der Waals surface area contributed by atoms with E-state index in [9.17, 15) is 13.2 Å². The van der Waals surface area contributed by atoms with Gasteiger partial charge in [0.25, 0.3) is 0 Å². The molecule has 0 amide bonds. The van der Waals surface area contributed by atoms with Gasteiger partial charge in [-0.2, -0.15) is 18.3 Å². The van der Waals surface area contributed by atoms with E-state index in [0.29, 0.717) is 10.9 Å². The molecule has 2 aromatic heterocycles. The minimum atomic E-state index is -4.26. The van der Waals surface area contributed by atoms with Gasteiger partial charge in [0, 0.05) is 23.3 Å². The molecule has 7 heteroatoms. The van der Waals surface area contributed by atoms with Crippen molar-refractivity contribution in [2.24, 2.45) is 10.9 Å². The average Bonchev–Trinajstić information content (AvgIpc) is 2.59. The van der Waals surface area contributed by atoms with E-state index in [1.807, 2.05) is 0 Å². The van der Waals surface area contributed by atoms with Crippen molar-refractivity contribution < 1.29 is 13.2 Å². The highest BCUT2D eigenvalue weighted by molar-refractivity contribution is 5.86. The molecule has 0 radical (unpaired) electrons. The number of hydrogen-bond donors (Lipinski definition) is 1. The fourth-order valence-corrected chi connectivity index (χ4v) is 1.57. The number of hydrogen-bond acceptors (Lipinski definition) is 3. The molecule has 4 nitrogen and oxygen atoms in total. The van der Waals surface area contributed by atoms with Crippen molar-refractivity contribution >= 4 is 17.2 Å². The molecule has 0 saturated heterocycles. The van der Waals surface area contributed by atoms with Crippen LogP contribution in [0.1, 0.15) is 5.56 Å². The Morgan fingerprint density at radius 1 is 1.47 bits per heavy atom. The molecule has 2 heterocycles. The zero-order valence-electron chi connectivity index (χ0n) is 8.65. The Balaban J connectivity index is 2.41. The van der Waals surface area contributed by atoms with Crippen molar-refractivity contribution in [3.63, 3.8) is 0 Å². The summed E-state index contributed by atoms with van der Waals surface area (Å²) in [6.45, 7) is -1.05. The first-order valence-electron chi connectivity index (χ1n) is 4.74. The van der Waals surface area contributed by atoms with E-state index in [2.05, 4.69) is 10.1 Å². The van der Waals surface area contributed by atoms with E-state index in [1.54, 1.807) is 12.1 Å². The van der Waals surface area contributed by atoms with Gasteiger partial charge in [-0.3, -0.25) is 0 Å². The summed E-state index contributed by atoms with van der Waals surface area (Å²) in [7, 11) is 0. The van der Waals surface area contributed by atoms with Gasteiger partial charge < -0.3 is 10.4 Å². The Hall–Kier alpha value is -2.05. The van der Waals surface area contributed by atoms with E-state index in [0.717, 1.165) is 4.57 Å². The van der Waals surface area contributed by atoms with Crippen LogP contribution in [0.4, 0.5) is 13.2 Å². The number of nitrogens with zero attached hydrogens (tertiary/aromatic N) is 3. The lowest BCUT2D eigenvalue weighted by Crippen LogP contribution is -2.17. The molecule has 2 N–H and O–H groups in total. The molecule has 0 aliphatic heterocycles. The van der Waals surface area contributed by atoms with Crippen molar-refractivity contribution in [2.75, 3.05) is 0 Å². The fraction of sp³-hybridized carbons (Fsp3) is 0.200. The van der Waals surface area contributed by atoms with Crippen LogP contribution in [0.5, 0.6) is 0 Å². The molecular weight excluding hydrogens is 233 g/mol. The molecule has 0 unspecified atom stereocenters. The lowest BCUT2D eigenvalue weighted by atomic mass is 10.2. The number of hydrazone groups is 1. The highest BCUT2D eigenvalue weighted by atomic mass is 19.4. The first-order chi connectivity index (χ1) is 7.99. The van der Waals surface area contributed by atoms with Gasteiger partial charge in [0.2, 0.25) is 0 Å². The molecule has 90 valence electrons. The third-order valence-corrected chi connectivity index (χ3v) is 2.20. The van der Waals surface area contributed by atoms with Crippen molar-refractivity contribution in [3.05, 3.63) is 30.1 Å². The van der Waals surface area contributed by atoms with Crippen LogP contribution >= 0.6 is 0 Å². The Kier molecular flexibility index (Phi) is 2.74. The van der Waals surface area contributed by atoms with Gasteiger partial charge in [-0.25, -0.2) is 4.98 Å². The molecule has 2 rings (SSSR count). The van der Waals surface area contributed by atoms with Gasteiger partial charge in [-0.15, -0.1) is 0 Å². The highest BCUT2D eigenvalue weighted by Crippen LogP contribution is 2.21. The third kappa shape index (κ3) is 2.55. The normalized spacial score (nSPS) is 12.6. The number of aromatic nitrogens is 2. The summed E-state index contributed by atoms with van der Waals surface area (Å²) in [6, 6.07) is 3.24. The molecule has 0 bridgehead atoms. The second-order valence-electron chi connectivity index (χ2n) is 3.52. The van der Waals surface area contributed by atoms with Crippen molar-refractivity contribution in [3.8, 4) is 0 Å². The Labute approximate surface area is 94.5 Å². The van der Waals surface area contributed by atoms with E-state index in [4.69, 9.17) is 5.84 Å². The van der Waals surface area contributed by atoms with Crippen molar-refractivity contribution in [2.45, 2.75) is 12.7 Å². The van der Waals surface area contributed by atoms with E-state index in [-0.39, 0.29) is 5.65 Å². The van der Waals surface area contributed by atoms with Crippen LogP contribution in [0.2, 0.25) is 0 Å². The second-order valence-corrected chi connectivity index (χ2v) is 3.52. The summed E-state index contributed by atoms with van der Waals surface area (Å²) in [4.78, 5) is 3.96. The molecular formula is C10H9F3N4. The molecule has 0 aliphatic rings. The first kappa shape index (κ1) is 11.4. The Morgan fingerprint density at radius 2 is 2.24 bits per heavy atom. The van der Waals surface area contributed by atoms with E-state index < -0.39 is 12.7 Å². The molecule has 0 spiro atoms. The van der Waals surface area contributed by atoms with Crippen LogP contribution in [0, 0.1) is 0 Å². The summed E-state index contributed by atoms with van der Waals surface area (Å²) in [5.41, 5.74) is 0.932. The maximum atomic E-state index is 12.3. The molecule has 17 heavy (non-hydrogen) atoms. The minimum absolute atomic E-state index is 0.288. The van der Waals surface area contributed by atoms with Crippen LogP contribution in [0.3, 0.4) is 0 Å². The topological polar surface area (TPSA) is 56.2 Å². The summed E-state index contributed by atoms with van der Waals surface area (Å²) in [5.74, 6) is 4.98. The molecule has 0 atom stereocenters. The van der Waals surface area contributed by atoms with Gasteiger partial charge in [-0.05, 0) is 12.1 Å². The summed E-state index contributed by atoms with van der Waals surface area (Å²) in [5, 5.41) is 3.94. The number of halogens is 3. The van der Waals surface area contributed by atoms with Gasteiger partial charge in [0.15, 0.2) is 0 Å². The van der Waals surface area contributed by atoms with Crippen LogP contribution in [-0.4, -0.2) is 21.9 Å². The highest BCUT2D eigenvalue weighted by Gasteiger charge is 2.28. The standard InChI is InChI=1S/C10H9F3N4/c11-10(12,13)6-17-2-1-8-3-7(5-16-14)4-15-9(8)17/h1-5H,6,14H2. The number of pyridine rings is 1. The van der Waals surface area contributed by atoms with Crippen LogP contribution in [0.25, 0.3) is 11.0 Å². The molecule has 0 aliphatic carbocycles. The second kappa shape index (κ2) is 4.08. The molecule has 0 aromatic carbocycles. The largest absolute Gasteiger partial charge is 0.406 e. The Bertz CT molecular complexity index is 556. The zero-order valence-corrected chi connectivity index (χ0v) is 8.65. The summed E-state index contributed by atoms with van der Waals surface area (Å²) < 4.78 is 37.8. The van der Waals surface area contributed by atoms with E-state index in [1.165, 1.54) is 18.6 Å². The molecule has 0 saturated carbocycles. The van der Waals surface area contributed by atoms with Gasteiger partial charge in [0.1, 0.15) is 12.2 Å². The quantitative estimate of drug-likeness (QED) is 0.496. The van der Waals surface area contributed by atoms with Crippen molar-refractivity contribution in [1.29, 1.82) is 0 Å². The lowest BCUT2D eigenvalue weighted by molar-refractivity contribution is -0.139. The monoisotopic (exact) mass is 242 g/mol. The third-order valence-electron chi connectivity index (χ3n) is 2.20. The van der Waals surface area contributed by atoms with E-state index >= 15 is 0 Å². The zero-order chi connectivity index (χ0) is 12.5. The number of fused-ring (bicyclic) bond motifs is 1. The van der Waals surface area contributed by atoms with Crippen LogP contribution in [0.15, 0.2) is 29.6 Å². The fourth-order valence-electron chi connectivity index (χ4n) is 1.57. The smallest absolute Gasteiger partial charge is 0.323 e. The number of rotatable bonds is 2. The first-order valence-corrected chi connectivity index (χ1v) is 4.74. The summed E-state index contributed by atoms with van der Waals surface area (Å²) in [6.07, 6.45) is -0.0986. The van der Waals surface area contributed by atoms with Crippen molar-refractivity contribution in [1.82, 2.24) is 9.55 Å². The lowest BCUT2D eigenvalue weighted by Gasteiger charge is -2.08. The predicted molar refractivity (Wildman–Crippen MR) is 57.6 cm³/mol. The molecule has 2 aromatic rings. The maximum absolute atomic E-state index is 12.3. The number of nitrogens with two attached hydrogens (primary N) is 1. The maximum Gasteiger partial charge on any atom is 0.406 e. The number of alkyl halides is 3. The predicted octanol–water partition coefficient (Wildman–Crippen LogP) is 1.89. The molecule has 0 fully saturated rings.